The van der Waals surface area contributed by atoms with Crippen molar-refractivity contribution in [1.29, 1.82) is 0 Å². The van der Waals surface area contributed by atoms with E-state index in [1.807, 2.05) is 0 Å². The van der Waals surface area contributed by atoms with Crippen molar-refractivity contribution in [2.75, 3.05) is 26.6 Å². The zero-order valence-electron chi connectivity index (χ0n) is 22.4. The zero-order chi connectivity index (χ0) is 29.8. The second kappa shape index (κ2) is 14.7. The molecule has 0 atom stereocenters. The molecule has 41 heavy (non-hydrogen) atoms. The molecule has 0 aliphatic heterocycles. The number of esters is 3. The van der Waals surface area contributed by atoms with Crippen LogP contribution < -0.4 is 14.2 Å². The predicted octanol–water partition coefficient (Wildman–Crippen LogP) is 6.08. The smallest absolute Gasteiger partial charge is 0.346 e. The first-order valence-electron chi connectivity index (χ1n) is 12.7. The Bertz CT molecular complexity index is 1350. The van der Waals surface area contributed by atoms with E-state index in [0.29, 0.717) is 18.4 Å². The van der Waals surface area contributed by atoms with Crippen molar-refractivity contribution in [3.63, 3.8) is 0 Å². The third-order valence-electron chi connectivity index (χ3n) is 6.12. The van der Waals surface area contributed by atoms with Crippen LogP contribution >= 0.6 is 0 Å². The molecule has 0 bridgehead atoms. The SMILES string of the molecule is C=CC(=O)OCCCCOc1ccc(C(=O)Oc2ccc(C(CF)(CF)c3ccc(OC(C)=O)cc3)cc2)c(F)c1. The van der Waals surface area contributed by atoms with Crippen molar-refractivity contribution < 1.29 is 46.5 Å². The molecule has 0 spiro atoms. The number of hydrogen-bond acceptors (Lipinski definition) is 7. The lowest BCUT2D eigenvalue weighted by molar-refractivity contribution is -0.138. The molecule has 10 heteroatoms. The van der Waals surface area contributed by atoms with E-state index in [-0.39, 0.29) is 41.6 Å². The second-order valence-corrected chi connectivity index (χ2v) is 8.95. The highest BCUT2D eigenvalue weighted by Crippen LogP contribution is 2.35. The third kappa shape index (κ3) is 8.20. The topological polar surface area (TPSA) is 88.1 Å². The van der Waals surface area contributed by atoms with Gasteiger partial charge in [-0.3, -0.25) is 4.79 Å². The van der Waals surface area contributed by atoms with Crippen LogP contribution in [-0.4, -0.2) is 44.5 Å². The van der Waals surface area contributed by atoms with Crippen LogP contribution in [0.2, 0.25) is 0 Å². The highest BCUT2D eigenvalue weighted by atomic mass is 19.1. The molecule has 3 aromatic carbocycles. The number of alkyl halides is 2. The maximum Gasteiger partial charge on any atom is 0.346 e. The second-order valence-electron chi connectivity index (χ2n) is 8.95. The van der Waals surface area contributed by atoms with Crippen LogP contribution in [0.25, 0.3) is 0 Å². The lowest BCUT2D eigenvalue weighted by Crippen LogP contribution is -2.32. The molecule has 0 aromatic heterocycles. The normalized spacial score (nSPS) is 10.9. The average Bonchev–Trinajstić information content (AvgIpc) is 2.97. The van der Waals surface area contributed by atoms with E-state index in [1.165, 1.54) is 67.6 Å². The van der Waals surface area contributed by atoms with Gasteiger partial charge in [-0.15, -0.1) is 0 Å². The minimum Gasteiger partial charge on any atom is -0.493 e. The number of carbonyl (C=O) groups is 3. The largest absolute Gasteiger partial charge is 0.493 e. The maximum absolute atomic E-state index is 14.6. The molecule has 3 rings (SSSR count). The van der Waals surface area contributed by atoms with Crippen molar-refractivity contribution in [3.05, 3.63) is 102 Å². The van der Waals surface area contributed by atoms with Gasteiger partial charge in [0, 0.05) is 19.1 Å². The summed E-state index contributed by atoms with van der Waals surface area (Å²) < 4.78 is 63.7. The lowest BCUT2D eigenvalue weighted by Gasteiger charge is -2.29. The van der Waals surface area contributed by atoms with Crippen molar-refractivity contribution in [3.8, 4) is 17.2 Å². The van der Waals surface area contributed by atoms with Gasteiger partial charge in [0.05, 0.1) is 24.2 Å². The standard InChI is InChI=1S/C31H29F3O7/c1-3-29(36)39-17-5-4-16-38-26-14-15-27(28(34)18-26)30(37)41-25-12-8-23(9-13-25)31(19-32,20-33)22-6-10-24(11-7-22)40-21(2)35/h3,6-15,18H,1,4-5,16-17,19-20H2,2H3. The van der Waals surface area contributed by atoms with Crippen molar-refractivity contribution in [1.82, 2.24) is 0 Å². The van der Waals surface area contributed by atoms with Crippen LogP contribution in [0.3, 0.4) is 0 Å². The summed E-state index contributed by atoms with van der Waals surface area (Å²) >= 11 is 0. The summed E-state index contributed by atoms with van der Waals surface area (Å²) in [5.41, 5.74) is -1.35. The van der Waals surface area contributed by atoms with Crippen LogP contribution in [0.15, 0.2) is 79.4 Å². The van der Waals surface area contributed by atoms with E-state index in [0.717, 1.165) is 12.1 Å². The van der Waals surface area contributed by atoms with Gasteiger partial charge in [0.25, 0.3) is 0 Å². The maximum atomic E-state index is 14.6. The summed E-state index contributed by atoms with van der Waals surface area (Å²) in [5.74, 6) is -2.35. The van der Waals surface area contributed by atoms with Gasteiger partial charge in [-0.25, -0.2) is 22.8 Å². The van der Waals surface area contributed by atoms with Crippen LogP contribution in [0.5, 0.6) is 17.2 Å². The van der Waals surface area contributed by atoms with Crippen LogP contribution in [0.1, 0.15) is 41.3 Å². The molecule has 3 aromatic rings. The molecule has 0 N–H and O–H groups in total. The van der Waals surface area contributed by atoms with Gasteiger partial charge in [-0.2, -0.15) is 0 Å². The molecule has 0 aliphatic rings. The van der Waals surface area contributed by atoms with Gasteiger partial charge in [0.15, 0.2) is 0 Å². The molecule has 0 fully saturated rings. The van der Waals surface area contributed by atoms with E-state index >= 15 is 0 Å². The molecule has 0 saturated heterocycles. The molecule has 0 saturated carbocycles. The number of hydrogen-bond donors (Lipinski definition) is 0. The summed E-state index contributed by atoms with van der Waals surface area (Å²) in [6.07, 6.45) is 2.17. The zero-order valence-corrected chi connectivity index (χ0v) is 22.4. The number of rotatable bonds is 14. The van der Waals surface area contributed by atoms with Crippen LogP contribution in [0, 0.1) is 5.82 Å². The fourth-order valence-corrected chi connectivity index (χ4v) is 3.90. The molecule has 216 valence electrons. The summed E-state index contributed by atoms with van der Waals surface area (Å²) in [7, 11) is 0. The number of ether oxygens (including phenoxy) is 4. The van der Waals surface area contributed by atoms with Crippen molar-refractivity contribution in [2.45, 2.75) is 25.2 Å². The van der Waals surface area contributed by atoms with Crippen LogP contribution in [0.4, 0.5) is 13.2 Å². The highest BCUT2D eigenvalue weighted by Gasteiger charge is 2.35. The minimum atomic E-state index is -1.63. The number of benzene rings is 3. The molecular formula is C31H29F3O7. The molecule has 7 nitrogen and oxygen atoms in total. The van der Waals surface area contributed by atoms with E-state index in [4.69, 9.17) is 18.9 Å². The molecule has 0 radical (unpaired) electrons. The number of halogens is 3. The van der Waals surface area contributed by atoms with Gasteiger partial charge in [-0.1, -0.05) is 30.8 Å². The van der Waals surface area contributed by atoms with Gasteiger partial charge < -0.3 is 18.9 Å². The molecule has 0 aliphatic carbocycles. The monoisotopic (exact) mass is 570 g/mol. The first-order valence-corrected chi connectivity index (χ1v) is 12.7. The Morgan fingerprint density at radius 3 is 1.85 bits per heavy atom. The van der Waals surface area contributed by atoms with E-state index < -0.39 is 42.5 Å². The lowest BCUT2D eigenvalue weighted by atomic mass is 9.76. The highest BCUT2D eigenvalue weighted by molar-refractivity contribution is 5.91. The third-order valence-corrected chi connectivity index (χ3v) is 6.12. The first kappa shape index (κ1) is 30.9. The van der Waals surface area contributed by atoms with Gasteiger partial charge in [-0.05, 0) is 60.4 Å². The average molecular weight is 571 g/mol. The summed E-state index contributed by atoms with van der Waals surface area (Å²) in [5, 5.41) is 0. The fourth-order valence-electron chi connectivity index (χ4n) is 3.90. The van der Waals surface area contributed by atoms with Gasteiger partial charge >= 0.3 is 17.9 Å². The Morgan fingerprint density at radius 1 is 0.805 bits per heavy atom. The van der Waals surface area contributed by atoms with Gasteiger partial charge in [0.2, 0.25) is 0 Å². The van der Waals surface area contributed by atoms with E-state index in [1.54, 1.807) is 0 Å². The molecular weight excluding hydrogens is 541 g/mol. The Morgan fingerprint density at radius 2 is 1.34 bits per heavy atom. The quantitative estimate of drug-likeness (QED) is 0.100. The molecule has 0 heterocycles. The van der Waals surface area contributed by atoms with Crippen molar-refractivity contribution >= 4 is 17.9 Å². The Kier molecular flexibility index (Phi) is 11.1. The van der Waals surface area contributed by atoms with E-state index in [9.17, 15) is 27.6 Å². The predicted molar refractivity (Wildman–Crippen MR) is 144 cm³/mol. The number of unbranched alkanes of at least 4 members (excludes halogenated alkanes) is 1. The Balaban J connectivity index is 1.62. The van der Waals surface area contributed by atoms with Gasteiger partial charge in [0.1, 0.15) is 36.4 Å². The van der Waals surface area contributed by atoms with Crippen LogP contribution in [-0.2, 0) is 19.7 Å². The first-order chi connectivity index (χ1) is 19.7. The summed E-state index contributed by atoms with van der Waals surface area (Å²) in [6, 6.07) is 15.1. The molecule has 0 unspecified atom stereocenters. The van der Waals surface area contributed by atoms with E-state index in [2.05, 4.69) is 6.58 Å². The Hall–Kier alpha value is -4.60. The fraction of sp³-hybridized carbons (Fsp3) is 0.258. The summed E-state index contributed by atoms with van der Waals surface area (Å²) in [6.45, 7) is 2.88. The summed E-state index contributed by atoms with van der Waals surface area (Å²) in [4.78, 5) is 34.7. The number of carbonyl (C=O) groups excluding carboxylic acids is 3. The molecule has 0 amide bonds. The minimum absolute atomic E-state index is 0.0486. The van der Waals surface area contributed by atoms with Crippen molar-refractivity contribution in [2.24, 2.45) is 0 Å². The Labute approximate surface area is 235 Å².